The predicted molar refractivity (Wildman–Crippen MR) is 74.8 cm³/mol. The Labute approximate surface area is 120 Å². The van der Waals surface area contributed by atoms with Crippen LogP contribution in [-0.4, -0.2) is 24.2 Å². The molecule has 1 aromatic carbocycles. The summed E-state index contributed by atoms with van der Waals surface area (Å²) in [5, 5.41) is 8.52. The normalized spacial score (nSPS) is 11.4. The fourth-order valence-electron chi connectivity index (χ4n) is 1.79. The Kier molecular flexibility index (Phi) is 5.42. The summed E-state index contributed by atoms with van der Waals surface area (Å²) in [6.07, 6.45) is 2.20. The number of alkyl halides is 3. The van der Waals surface area contributed by atoms with Gasteiger partial charge >= 0.3 is 12.1 Å². The van der Waals surface area contributed by atoms with Gasteiger partial charge in [-0.2, -0.15) is 13.2 Å². The summed E-state index contributed by atoms with van der Waals surface area (Å²) in [6, 6.07) is 3.69. The largest absolute Gasteiger partial charge is 0.478 e. The molecule has 0 aliphatic heterocycles. The van der Waals surface area contributed by atoms with Crippen LogP contribution in [0.2, 0.25) is 0 Å². The number of nitrogens with zero attached hydrogens (tertiary/aromatic N) is 1. The minimum absolute atomic E-state index is 0.193. The highest BCUT2D eigenvalue weighted by atomic mass is 19.4. The van der Waals surface area contributed by atoms with Gasteiger partial charge in [0.05, 0.1) is 12.1 Å². The molecule has 6 heteroatoms. The zero-order chi connectivity index (χ0) is 16.0. The molecule has 0 bridgehead atoms. The van der Waals surface area contributed by atoms with Crippen LogP contribution in [0, 0.1) is 12.3 Å². The molecule has 1 aromatic rings. The van der Waals surface area contributed by atoms with Gasteiger partial charge in [0.15, 0.2) is 0 Å². The third-order valence-electron chi connectivity index (χ3n) is 2.78. The van der Waals surface area contributed by atoms with Crippen molar-refractivity contribution in [3.63, 3.8) is 0 Å². The maximum Gasteiger partial charge on any atom is 0.417 e. The highest BCUT2D eigenvalue weighted by Crippen LogP contribution is 2.35. The second kappa shape index (κ2) is 6.84. The summed E-state index contributed by atoms with van der Waals surface area (Å²) >= 11 is 0. The van der Waals surface area contributed by atoms with Crippen LogP contribution in [0.4, 0.5) is 18.9 Å². The lowest BCUT2D eigenvalue weighted by Gasteiger charge is -2.22. The summed E-state index contributed by atoms with van der Waals surface area (Å²) < 4.78 is 39.2. The lowest BCUT2D eigenvalue weighted by atomic mass is 10.0. The highest BCUT2D eigenvalue weighted by molar-refractivity contribution is 5.85. The van der Waals surface area contributed by atoms with Gasteiger partial charge in [-0.15, -0.1) is 6.42 Å². The number of halogens is 3. The summed E-state index contributed by atoms with van der Waals surface area (Å²) in [7, 11) is 0. The maximum absolute atomic E-state index is 13.1. The quantitative estimate of drug-likeness (QED) is 0.670. The van der Waals surface area contributed by atoms with Crippen molar-refractivity contribution in [2.75, 3.05) is 18.0 Å². The van der Waals surface area contributed by atoms with Crippen LogP contribution < -0.4 is 4.90 Å². The van der Waals surface area contributed by atoms with Crippen molar-refractivity contribution in [2.45, 2.75) is 13.1 Å². The fourth-order valence-corrected chi connectivity index (χ4v) is 1.79. The van der Waals surface area contributed by atoms with Crippen LogP contribution in [0.1, 0.15) is 18.1 Å². The lowest BCUT2D eigenvalue weighted by Crippen LogP contribution is -2.23. The van der Waals surface area contributed by atoms with E-state index in [0.717, 1.165) is 12.1 Å². The van der Waals surface area contributed by atoms with E-state index in [4.69, 9.17) is 11.5 Å². The fraction of sp³-hybridized carbons (Fsp3) is 0.267. The maximum atomic E-state index is 13.1. The Balaban J connectivity index is 3.31. The third kappa shape index (κ3) is 4.56. The first-order valence-corrected chi connectivity index (χ1v) is 6.10. The van der Waals surface area contributed by atoms with E-state index < -0.39 is 17.7 Å². The molecule has 0 fully saturated rings. The van der Waals surface area contributed by atoms with Crippen LogP contribution in [0.5, 0.6) is 0 Å². The average Bonchev–Trinajstić information content (AvgIpc) is 2.41. The van der Waals surface area contributed by atoms with Crippen LogP contribution >= 0.6 is 0 Å². The molecule has 0 saturated carbocycles. The van der Waals surface area contributed by atoms with E-state index in [1.54, 1.807) is 11.8 Å². The van der Waals surface area contributed by atoms with Crippen LogP contribution in [0.3, 0.4) is 0 Å². The number of terminal acetylenes is 1. The monoisotopic (exact) mass is 297 g/mol. The second-order valence-electron chi connectivity index (χ2n) is 4.16. The van der Waals surface area contributed by atoms with E-state index in [1.165, 1.54) is 12.1 Å². The van der Waals surface area contributed by atoms with Crippen molar-refractivity contribution in [1.82, 2.24) is 0 Å². The smallest absolute Gasteiger partial charge is 0.417 e. The van der Waals surface area contributed by atoms with Gasteiger partial charge in [0.2, 0.25) is 0 Å². The molecule has 21 heavy (non-hydrogen) atoms. The van der Waals surface area contributed by atoms with E-state index in [2.05, 4.69) is 5.92 Å². The molecule has 3 nitrogen and oxygen atoms in total. The molecule has 0 aromatic heterocycles. The summed E-state index contributed by atoms with van der Waals surface area (Å²) in [5.74, 6) is 1.07. The molecular weight excluding hydrogens is 283 g/mol. The average molecular weight is 297 g/mol. The standard InChI is InChI=1S/C15H14F3NO2/c1-3-9-19(4-2)12-7-5-11(6-8-14(20)21)13(10-12)15(16,17)18/h1,5-8,10H,4,9H2,2H3,(H,20,21)/b8-6+. The first kappa shape index (κ1) is 16.6. The SMILES string of the molecule is C#CCN(CC)c1ccc(/C=C/C(=O)O)c(C(F)(F)F)c1. The van der Waals surface area contributed by atoms with Crippen molar-refractivity contribution in [3.05, 3.63) is 35.4 Å². The van der Waals surface area contributed by atoms with Gasteiger partial charge in [-0.1, -0.05) is 12.0 Å². The highest BCUT2D eigenvalue weighted by Gasteiger charge is 2.33. The zero-order valence-corrected chi connectivity index (χ0v) is 11.3. The van der Waals surface area contributed by atoms with Gasteiger partial charge in [0.1, 0.15) is 0 Å². The minimum Gasteiger partial charge on any atom is -0.478 e. The Morgan fingerprint density at radius 3 is 2.62 bits per heavy atom. The van der Waals surface area contributed by atoms with E-state index in [9.17, 15) is 18.0 Å². The molecule has 112 valence electrons. The molecule has 0 spiro atoms. The van der Waals surface area contributed by atoms with Gasteiger partial charge in [-0.3, -0.25) is 0 Å². The van der Waals surface area contributed by atoms with Gasteiger partial charge in [0.25, 0.3) is 0 Å². The molecule has 0 saturated heterocycles. The van der Waals surface area contributed by atoms with Crippen molar-refractivity contribution < 1.29 is 23.1 Å². The Hall–Kier alpha value is -2.42. The van der Waals surface area contributed by atoms with Gasteiger partial charge in [-0.25, -0.2) is 4.79 Å². The number of carboxylic acids is 1. The predicted octanol–water partition coefficient (Wildman–Crippen LogP) is 3.26. The number of benzene rings is 1. The lowest BCUT2D eigenvalue weighted by molar-refractivity contribution is -0.137. The Bertz CT molecular complexity index is 586. The van der Waals surface area contributed by atoms with Gasteiger partial charge in [0, 0.05) is 18.3 Å². The van der Waals surface area contributed by atoms with Crippen molar-refractivity contribution in [2.24, 2.45) is 0 Å². The number of aliphatic carboxylic acids is 1. The van der Waals surface area contributed by atoms with Crippen molar-refractivity contribution >= 4 is 17.7 Å². The molecule has 0 radical (unpaired) electrons. The molecule has 0 heterocycles. The number of anilines is 1. The molecule has 1 rings (SSSR count). The van der Waals surface area contributed by atoms with Crippen molar-refractivity contribution in [1.29, 1.82) is 0 Å². The van der Waals surface area contributed by atoms with Gasteiger partial charge in [-0.05, 0) is 30.7 Å². The Morgan fingerprint density at radius 1 is 1.48 bits per heavy atom. The molecule has 0 atom stereocenters. The first-order chi connectivity index (χ1) is 9.79. The molecule has 0 aliphatic rings. The number of carbonyl (C=O) groups is 1. The van der Waals surface area contributed by atoms with Crippen LogP contribution in [0.15, 0.2) is 24.3 Å². The Morgan fingerprint density at radius 2 is 2.14 bits per heavy atom. The van der Waals surface area contributed by atoms with E-state index in [0.29, 0.717) is 18.3 Å². The van der Waals surface area contributed by atoms with E-state index >= 15 is 0 Å². The van der Waals surface area contributed by atoms with Gasteiger partial charge < -0.3 is 10.0 Å². The minimum atomic E-state index is -4.58. The second-order valence-corrected chi connectivity index (χ2v) is 4.16. The number of rotatable bonds is 5. The van der Waals surface area contributed by atoms with Crippen LogP contribution in [-0.2, 0) is 11.0 Å². The number of hydrogen-bond acceptors (Lipinski definition) is 2. The third-order valence-corrected chi connectivity index (χ3v) is 2.78. The van der Waals surface area contributed by atoms with Crippen molar-refractivity contribution in [3.8, 4) is 12.3 Å². The van der Waals surface area contributed by atoms with E-state index in [1.807, 2.05) is 0 Å². The summed E-state index contributed by atoms with van der Waals surface area (Å²) in [5.41, 5.74) is -0.756. The molecule has 0 unspecified atom stereocenters. The molecule has 0 aliphatic carbocycles. The summed E-state index contributed by atoms with van der Waals surface area (Å²) in [6.45, 7) is 2.44. The van der Waals surface area contributed by atoms with Crippen LogP contribution in [0.25, 0.3) is 6.08 Å². The molecular formula is C15H14F3NO2. The topological polar surface area (TPSA) is 40.5 Å². The first-order valence-electron chi connectivity index (χ1n) is 6.10. The summed E-state index contributed by atoms with van der Waals surface area (Å²) in [4.78, 5) is 12.1. The number of hydrogen-bond donors (Lipinski definition) is 1. The molecule has 0 amide bonds. The zero-order valence-electron chi connectivity index (χ0n) is 11.3. The number of carboxylic acid groups (broad SMARTS) is 1. The van der Waals surface area contributed by atoms with E-state index in [-0.39, 0.29) is 12.1 Å². The molecule has 1 N–H and O–H groups in total.